The van der Waals surface area contributed by atoms with Gasteiger partial charge >= 0.3 is 0 Å². The highest BCUT2D eigenvalue weighted by atomic mass is 35.5. The highest BCUT2D eigenvalue weighted by Crippen LogP contribution is 2.14. The molecule has 0 aliphatic rings. The fraction of sp³-hybridized carbons (Fsp3) is 0.417. The van der Waals surface area contributed by atoms with Gasteiger partial charge in [-0.15, -0.1) is 0 Å². The van der Waals surface area contributed by atoms with Gasteiger partial charge in [0.15, 0.2) is 0 Å². The molecule has 0 heterocycles. The van der Waals surface area contributed by atoms with Crippen LogP contribution in [0, 0.1) is 0 Å². The van der Waals surface area contributed by atoms with Crippen molar-refractivity contribution in [2.75, 3.05) is 19.0 Å². The van der Waals surface area contributed by atoms with E-state index in [9.17, 15) is 0 Å². The molecular formula is C12H17ClN2. The van der Waals surface area contributed by atoms with Gasteiger partial charge in [0.05, 0.1) is 0 Å². The molecule has 0 saturated heterocycles. The van der Waals surface area contributed by atoms with Crippen molar-refractivity contribution in [2.45, 2.75) is 19.9 Å². The molecule has 0 bridgehead atoms. The van der Waals surface area contributed by atoms with E-state index in [1.54, 1.807) is 0 Å². The molecule has 0 atom stereocenters. The molecule has 0 radical (unpaired) electrons. The number of hydrogen-bond acceptors (Lipinski definition) is 2. The predicted octanol–water partition coefficient (Wildman–Crippen LogP) is 3.15. The maximum atomic E-state index is 6.07. The van der Waals surface area contributed by atoms with Crippen LogP contribution < -0.4 is 4.90 Å². The van der Waals surface area contributed by atoms with E-state index in [1.807, 2.05) is 52.2 Å². The zero-order valence-corrected chi connectivity index (χ0v) is 10.4. The largest absolute Gasteiger partial charge is 0.378 e. The van der Waals surface area contributed by atoms with Gasteiger partial charge in [0.25, 0.3) is 0 Å². The Balaban J connectivity index is 2.89. The number of anilines is 1. The van der Waals surface area contributed by atoms with Crippen LogP contribution in [0.3, 0.4) is 0 Å². The quantitative estimate of drug-likeness (QED) is 0.721. The summed E-state index contributed by atoms with van der Waals surface area (Å²) in [5.41, 5.74) is 2.13. The summed E-state index contributed by atoms with van der Waals surface area (Å²) in [4.78, 5) is 6.34. The van der Waals surface area contributed by atoms with Crippen LogP contribution in [0.5, 0.6) is 0 Å². The van der Waals surface area contributed by atoms with Gasteiger partial charge in [0, 0.05) is 31.4 Å². The third-order valence-electron chi connectivity index (χ3n) is 1.99. The lowest BCUT2D eigenvalue weighted by Gasteiger charge is -2.12. The first-order chi connectivity index (χ1) is 7.00. The molecular weight excluding hydrogens is 208 g/mol. The van der Waals surface area contributed by atoms with E-state index in [1.165, 1.54) is 0 Å². The molecule has 0 aromatic heterocycles. The smallest absolute Gasteiger partial charge is 0.131 e. The fourth-order valence-electron chi connectivity index (χ4n) is 1.20. The third-order valence-corrected chi connectivity index (χ3v) is 2.31. The highest BCUT2D eigenvalue weighted by molar-refractivity contribution is 6.69. The minimum Gasteiger partial charge on any atom is -0.378 e. The van der Waals surface area contributed by atoms with Crippen molar-refractivity contribution >= 4 is 22.5 Å². The average molecular weight is 225 g/mol. The second kappa shape index (κ2) is 5.17. The molecule has 2 nitrogen and oxygen atoms in total. The Morgan fingerprint density at radius 1 is 1.20 bits per heavy atom. The van der Waals surface area contributed by atoms with E-state index in [-0.39, 0.29) is 6.04 Å². The molecule has 0 amide bonds. The summed E-state index contributed by atoms with van der Waals surface area (Å²) in [6.45, 7) is 4.02. The SMILES string of the molecule is CC(C)N=C(Cl)c1ccc(N(C)C)cc1. The average Bonchev–Trinajstić information content (AvgIpc) is 2.17. The monoisotopic (exact) mass is 224 g/mol. The number of halogens is 1. The normalized spacial score (nSPS) is 12.0. The van der Waals surface area contributed by atoms with E-state index >= 15 is 0 Å². The van der Waals surface area contributed by atoms with Crippen LogP contribution in [0.1, 0.15) is 19.4 Å². The molecule has 1 aromatic rings. The fourth-order valence-corrected chi connectivity index (χ4v) is 1.52. The molecule has 1 rings (SSSR count). The Bertz CT molecular complexity index is 339. The Kier molecular flexibility index (Phi) is 4.15. The molecule has 0 spiro atoms. The molecule has 0 aliphatic heterocycles. The Morgan fingerprint density at radius 2 is 1.73 bits per heavy atom. The van der Waals surface area contributed by atoms with Crippen LogP contribution in [0.25, 0.3) is 0 Å². The Morgan fingerprint density at radius 3 is 2.13 bits per heavy atom. The molecule has 82 valence electrons. The number of hydrogen-bond donors (Lipinski definition) is 0. The van der Waals surface area contributed by atoms with Crippen molar-refractivity contribution in [2.24, 2.45) is 4.99 Å². The van der Waals surface area contributed by atoms with E-state index in [0.717, 1.165) is 11.3 Å². The molecule has 1 aromatic carbocycles. The first-order valence-corrected chi connectivity index (χ1v) is 5.39. The highest BCUT2D eigenvalue weighted by Gasteiger charge is 2.01. The van der Waals surface area contributed by atoms with Gasteiger partial charge < -0.3 is 4.90 Å². The van der Waals surface area contributed by atoms with Gasteiger partial charge in [-0.2, -0.15) is 0 Å². The summed E-state index contributed by atoms with van der Waals surface area (Å²) in [7, 11) is 4.03. The molecule has 0 unspecified atom stereocenters. The zero-order chi connectivity index (χ0) is 11.4. The van der Waals surface area contributed by atoms with Crippen LogP contribution >= 0.6 is 11.6 Å². The summed E-state index contributed by atoms with van der Waals surface area (Å²) in [6, 6.07) is 8.28. The summed E-state index contributed by atoms with van der Waals surface area (Å²) in [6.07, 6.45) is 0. The van der Waals surface area contributed by atoms with Crippen molar-refractivity contribution in [3.8, 4) is 0 Å². The summed E-state index contributed by atoms with van der Waals surface area (Å²) in [5.74, 6) is 0. The van der Waals surface area contributed by atoms with Crippen LogP contribution in [-0.2, 0) is 0 Å². The van der Waals surface area contributed by atoms with Crippen LogP contribution in [0.4, 0.5) is 5.69 Å². The van der Waals surface area contributed by atoms with Crippen molar-refractivity contribution < 1.29 is 0 Å². The Labute approximate surface area is 96.6 Å². The zero-order valence-electron chi connectivity index (χ0n) is 9.66. The molecule has 0 aliphatic carbocycles. The van der Waals surface area contributed by atoms with Gasteiger partial charge in [0.1, 0.15) is 5.17 Å². The topological polar surface area (TPSA) is 15.6 Å². The number of aliphatic imine (C=N–C) groups is 1. The lowest BCUT2D eigenvalue weighted by Crippen LogP contribution is -2.08. The van der Waals surface area contributed by atoms with Crippen LogP contribution in [0.2, 0.25) is 0 Å². The van der Waals surface area contributed by atoms with Crippen molar-refractivity contribution in [1.29, 1.82) is 0 Å². The van der Waals surface area contributed by atoms with Crippen LogP contribution in [-0.4, -0.2) is 25.3 Å². The first-order valence-electron chi connectivity index (χ1n) is 5.01. The predicted molar refractivity (Wildman–Crippen MR) is 68.3 cm³/mol. The van der Waals surface area contributed by atoms with Gasteiger partial charge in [-0.05, 0) is 38.1 Å². The molecule has 0 saturated carbocycles. The summed E-state index contributed by atoms with van der Waals surface area (Å²) in [5, 5.41) is 0.579. The second-order valence-corrected chi connectivity index (χ2v) is 4.31. The lowest BCUT2D eigenvalue weighted by atomic mass is 10.2. The van der Waals surface area contributed by atoms with E-state index in [2.05, 4.69) is 9.89 Å². The maximum Gasteiger partial charge on any atom is 0.131 e. The molecule has 0 fully saturated rings. The van der Waals surface area contributed by atoms with Crippen molar-refractivity contribution in [3.63, 3.8) is 0 Å². The van der Waals surface area contributed by atoms with Gasteiger partial charge in [0.2, 0.25) is 0 Å². The molecule has 15 heavy (non-hydrogen) atoms. The van der Waals surface area contributed by atoms with Gasteiger partial charge in [-0.25, -0.2) is 0 Å². The minimum absolute atomic E-state index is 0.228. The number of nitrogens with zero attached hydrogens (tertiary/aromatic N) is 2. The van der Waals surface area contributed by atoms with Gasteiger partial charge in [-0.1, -0.05) is 11.6 Å². The molecule has 3 heteroatoms. The summed E-state index contributed by atoms with van der Waals surface area (Å²) >= 11 is 6.07. The second-order valence-electron chi connectivity index (χ2n) is 3.95. The molecule has 0 N–H and O–H groups in total. The van der Waals surface area contributed by atoms with Crippen molar-refractivity contribution in [3.05, 3.63) is 29.8 Å². The standard InChI is InChI=1S/C12H17ClN2/c1-9(2)14-12(13)10-5-7-11(8-6-10)15(3)4/h5-9H,1-4H3. The van der Waals surface area contributed by atoms with Gasteiger partial charge in [-0.3, -0.25) is 4.99 Å². The summed E-state index contributed by atoms with van der Waals surface area (Å²) < 4.78 is 0. The number of benzene rings is 1. The van der Waals surface area contributed by atoms with E-state index in [0.29, 0.717) is 5.17 Å². The third kappa shape index (κ3) is 3.56. The van der Waals surface area contributed by atoms with E-state index in [4.69, 9.17) is 11.6 Å². The number of rotatable bonds is 3. The maximum absolute atomic E-state index is 6.07. The Hall–Kier alpha value is -1.02. The van der Waals surface area contributed by atoms with E-state index < -0.39 is 0 Å². The van der Waals surface area contributed by atoms with Crippen molar-refractivity contribution in [1.82, 2.24) is 0 Å². The lowest BCUT2D eigenvalue weighted by molar-refractivity contribution is 0.839. The van der Waals surface area contributed by atoms with Crippen LogP contribution in [0.15, 0.2) is 29.3 Å². The first kappa shape index (κ1) is 12.1. The minimum atomic E-state index is 0.228.